The summed E-state index contributed by atoms with van der Waals surface area (Å²) in [5.74, 6) is -0.136. The van der Waals surface area contributed by atoms with Crippen LogP contribution in [0, 0.1) is 0 Å². The molecular weight excluding hydrogens is 392 g/mol. The number of halogens is 1. The van der Waals surface area contributed by atoms with E-state index in [4.69, 9.17) is 16.3 Å². The Morgan fingerprint density at radius 1 is 1.14 bits per heavy atom. The summed E-state index contributed by atoms with van der Waals surface area (Å²) in [6.45, 7) is 4.69. The Morgan fingerprint density at radius 3 is 2.71 bits per heavy atom. The number of esters is 1. The molecule has 0 amide bonds. The third kappa shape index (κ3) is 4.38. The first-order valence-electron chi connectivity index (χ1n) is 9.72. The van der Waals surface area contributed by atoms with Crippen molar-refractivity contribution in [2.75, 3.05) is 39.8 Å². The number of hydrogen-bond acceptors (Lipinski definition) is 5. The Bertz CT molecular complexity index is 852. The molecule has 4 nitrogen and oxygen atoms in total. The van der Waals surface area contributed by atoms with Crippen LogP contribution in [-0.2, 0) is 16.0 Å². The van der Waals surface area contributed by atoms with Gasteiger partial charge in [0.15, 0.2) is 0 Å². The van der Waals surface area contributed by atoms with Crippen LogP contribution in [0.15, 0.2) is 52.3 Å². The minimum absolute atomic E-state index is 0.136. The second kappa shape index (κ2) is 8.87. The molecule has 2 aromatic rings. The van der Waals surface area contributed by atoms with Crippen LogP contribution in [0.4, 0.5) is 0 Å². The Hall–Kier alpha value is -1.53. The maximum absolute atomic E-state index is 11.4. The van der Waals surface area contributed by atoms with Crippen molar-refractivity contribution in [3.63, 3.8) is 0 Å². The summed E-state index contributed by atoms with van der Waals surface area (Å²) < 4.78 is 4.76. The molecule has 0 N–H and O–H groups in total. The first kappa shape index (κ1) is 19.8. The number of piperazine rings is 1. The van der Waals surface area contributed by atoms with Crippen LogP contribution in [0.1, 0.15) is 23.6 Å². The van der Waals surface area contributed by atoms with E-state index in [0.717, 1.165) is 44.2 Å². The summed E-state index contributed by atoms with van der Waals surface area (Å²) in [4.78, 5) is 19.0. The van der Waals surface area contributed by atoms with Gasteiger partial charge in [0, 0.05) is 53.6 Å². The maximum atomic E-state index is 11.4. The van der Waals surface area contributed by atoms with Gasteiger partial charge in [-0.05, 0) is 41.8 Å². The van der Waals surface area contributed by atoms with Crippen LogP contribution in [0.3, 0.4) is 0 Å². The number of hydrogen-bond donors (Lipinski definition) is 0. The minimum atomic E-state index is -0.136. The molecular formula is C22H25ClN2O2S. The van der Waals surface area contributed by atoms with E-state index in [2.05, 4.69) is 46.2 Å². The number of fused-ring (bicyclic) bond motifs is 2. The highest BCUT2D eigenvalue weighted by atomic mass is 35.5. The van der Waals surface area contributed by atoms with Crippen LogP contribution in [0.2, 0.25) is 5.02 Å². The fraction of sp³-hybridized carbons (Fsp3) is 0.409. The average Bonchev–Trinajstić information content (AvgIpc) is 2.89. The van der Waals surface area contributed by atoms with Gasteiger partial charge in [0.2, 0.25) is 0 Å². The lowest BCUT2D eigenvalue weighted by atomic mass is 9.96. The summed E-state index contributed by atoms with van der Waals surface area (Å²) in [7, 11) is 1.45. The van der Waals surface area contributed by atoms with Crippen molar-refractivity contribution in [3.05, 3.63) is 58.6 Å². The number of ether oxygens (including phenoxy) is 1. The minimum Gasteiger partial charge on any atom is -0.469 e. The van der Waals surface area contributed by atoms with Gasteiger partial charge in [0.05, 0.1) is 13.5 Å². The largest absolute Gasteiger partial charge is 0.469 e. The first-order chi connectivity index (χ1) is 13.6. The molecule has 2 aliphatic rings. The Balaban J connectivity index is 1.52. The third-order valence-electron chi connectivity index (χ3n) is 5.64. The van der Waals surface area contributed by atoms with Crippen LogP contribution >= 0.6 is 23.4 Å². The molecule has 2 heterocycles. The second-order valence-corrected chi connectivity index (χ2v) is 8.84. The molecule has 0 bridgehead atoms. The van der Waals surface area contributed by atoms with Crippen LogP contribution in [0.5, 0.6) is 0 Å². The van der Waals surface area contributed by atoms with Gasteiger partial charge < -0.3 is 9.64 Å². The molecule has 0 aromatic heterocycles. The summed E-state index contributed by atoms with van der Waals surface area (Å²) >= 11 is 8.22. The van der Waals surface area contributed by atoms with Crippen LogP contribution < -0.4 is 0 Å². The molecule has 2 aliphatic heterocycles. The van der Waals surface area contributed by atoms with E-state index in [-0.39, 0.29) is 5.97 Å². The van der Waals surface area contributed by atoms with E-state index in [9.17, 15) is 4.79 Å². The zero-order chi connectivity index (χ0) is 19.5. The predicted octanol–water partition coefficient (Wildman–Crippen LogP) is 4.27. The van der Waals surface area contributed by atoms with Gasteiger partial charge in [-0.3, -0.25) is 9.69 Å². The van der Waals surface area contributed by atoms with Crippen molar-refractivity contribution in [2.45, 2.75) is 28.7 Å². The number of methoxy groups -OCH3 is 1. The monoisotopic (exact) mass is 416 g/mol. The molecule has 1 fully saturated rings. The average molecular weight is 417 g/mol. The van der Waals surface area contributed by atoms with E-state index in [1.165, 1.54) is 28.0 Å². The summed E-state index contributed by atoms with van der Waals surface area (Å²) in [6, 6.07) is 15.3. The normalized spacial score (nSPS) is 20.1. The number of benzene rings is 2. The second-order valence-electron chi connectivity index (χ2n) is 7.32. The third-order valence-corrected chi connectivity index (χ3v) is 7.09. The van der Waals surface area contributed by atoms with E-state index in [1.807, 2.05) is 17.8 Å². The molecule has 2 aromatic carbocycles. The topological polar surface area (TPSA) is 32.8 Å². The Labute approximate surface area is 175 Å². The van der Waals surface area contributed by atoms with Gasteiger partial charge in [0.25, 0.3) is 0 Å². The highest BCUT2D eigenvalue weighted by Crippen LogP contribution is 2.43. The Kier molecular flexibility index (Phi) is 6.26. The fourth-order valence-electron chi connectivity index (χ4n) is 4.06. The van der Waals surface area contributed by atoms with Gasteiger partial charge in [-0.1, -0.05) is 41.6 Å². The molecule has 1 atom stereocenters. The van der Waals surface area contributed by atoms with Crippen molar-refractivity contribution in [1.82, 2.24) is 9.80 Å². The number of carbonyl (C=O) groups is 1. The molecule has 1 saturated heterocycles. The smallest absolute Gasteiger partial charge is 0.306 e. The zero-order valence-corrected chi connectivity index (χ0v) is 17.6. The van der Waals surface area contributed by atoms with Crippen molar-refractivity contribution < 1.29 is 9.53 Å². The lowest BCUT2D eigenvalue weighted by Gasteiger charge is -2.39. The van der Waals surface area contributed by atoms with Crippen LogP contribution in [-0.4, -0.2) is 55.6 Å². The quantitative estimate of drug-likeness (QED) is 0.695. The molecule has 0 radical (unpaired) electrons. The predicted molar refractivity (Wildman–Crippen MR) is 113 cm³/mol. The highest BCUT2D eigenvalue weighted by Gasteiger charge is 2.30. The van der Waals surface area contributed by atoms with E-state index >= 15 is 0 Å². The number of carbonyl (C=O) groups excluding carboxylic acids is 1. The lowest BCUT2D eigenvalue weighted by molar-refractivity contribution is -0.141. The van der Waals surface area contributed by atoms with Gasteiger partial charge in [-0.25, -0.2) is 0 Å². The summed E-state index contributed by atoms with van der Waals surface area (Å²) in [6.07, 6.45) is 1.46. The molecule has 148 valence electrons. The van der Waals surface area contributed by atoms with Crippen LogP contribution in [0.25, 0.3) is 0 Å². The zero-order valence-electron chi connectivity index (χ0n) is 16.1. The molecule has 6 heteroatoms. The van der Waals surface area contributed by atoms with Gasteiger partial charge in [-0.2, -0.15) is 0 Å². The molecule has 28 heavy (non-hydrogen) atoms. The van der Waals surface area contributed by atoms with E-state index in [0.29, 0.717) is 12.5 Å². The molecule has 4 rings (SSSR count). The SMILES string of the molecule is COC(=O)CCN1CCN(C2Cc3ccccc3Sc3ccc(Cl)cc32)CC1. The highest BCUT2D eigenvalue weighted by molar-refractivity contribution is 7.99. The number of nitrogens with zero attached hydrogens (tertiary/aromatic N) is 2. The summed E-state index contributed by atoms with van der Waals surface area (Å²) in [5.41, 5.74) is 2.73. The van der Waals surface area contributed by atoms with Gasteiger partial charge >= 0.3 is 5.97 Å². The van der Waals surface area contributed by atoms with E-state index in [1.54, 1.807) is 0 Å². The molecule has 0 aliphatic carbocycles. The van der Waals surface area contributed by atoms with Crippen molar-refractivity contribution in [3.8, 4) is 0 Å². The molecule has 0 saturated carbocycles. The van der Waals surface area contributed by atoms with Crippen molar-refractivity contribution in [1.29, 1.82) is 0 Å². The van der Waals surface area contributed by atoms with Crippen molar-refractivity contribution in [2.24, 2.45) is 0 Å². The van der Waals surface area contributed by atoms with Gasteiger partial charge in [-0.15, -0.1) is 0 Å². The standard InChI is InChI=1S/C22H25ClN2O2S/c1-27-22(26)8-9-24-10-12-25(13-11-24)19-14-16-4-2-3-5-20(16)28-21-7-6-17(23)15-18(19)21/h2-7,15,19H,8-14H2,1H3. The van der Waals surface area contributed by atoms with E-state index < -0.39 is 0 Å². The molecule has 0 spiro atoms. The Morgan fingerprint density at radius 2 is 1.93 bits per heavy atom. The number of rotatable bonds is 4. The lowest BCUT2D eigenvalue weighted by Crippen LogP contribution is -2.48. The van der Waals surface area contributed by atoms with Crippen molar-refractivity contribution >= 4 is 29.3 Å². The maximum Gasteiger partial charge on any atom is 0.306 e. The first-order valence-corrected chi connectivity index (χ1v) is 10.9. The molecule has 1 unspecified atom stereocenters. The van der Waals surface area contributed by atoms with Gasteiger partial charge in [0.1, 0.15) is 0 Å². The summed E-state index contributed by atoms with van der Waals surface area (Å²) in [5, 5.41) is 0.798. The fourth-order valence-corrected chi connectivity index (χ4v) is 5.35.